The van der Waals surface area contributed by atoms with Crippen molar-refractivity contribution in [3.63, 3.8) is 0 Å². The molecule has 0 bridgehead atoms. The predicted molar refractivity (Wildman–Crippen MR) is 84.7 cm³/mol. The fourth-order valence-corrected chi connectivity index (χ4v) is 2.54. The van der Waals surface area contributed by atoms with Crippen LogP contribution in [0.4, 0.5) is 5.69 Å². The van der Waals surface area contributed by atoms with Crippen molar-refractivity contribution in [1.29, 1.82) is 0 Å². The van der Waals surface area contributed by atoms with Gasteiger partial charge in [-0.1, -0.05) is 12.1 Å². The summed E-state index contributed by atoms with van der Waals surface area (Å²) in [6.45, 7) is 0.678. The standard InChI is InChI=1S/C16H19NO2S/c1-18-13-7-9-14(10-8-13)20-12-4-11-19-16-6-3-2-5-15(16)17/h2-3,5-10H,4,11-12,17H2,1H3. The van der Waals surface area contributed by atoms with Crippen molar-refractivity contribution < 1.29 is 9.47 Å². The van der Waals surface area contributed by atoms with E-state index in [9.17, 15) is 0 Å². The number of nitrogen functional groups attached to an aromatic ring is 1. The smallest absolute Gasteiger partial charge is 0.142 e. The molecule has 0 radical (unpaired) electrons. The van der Waals surface area contributed by atoms with E-state index in [1.807, 2.05) is 48.2 Å². The van der Waals surface area contributed by atoms with E-state index in [-0.39, 0.29) is 0 Å². The van der Waals surface area contributed by atoms with E-state index in [1.54, 1.807) is 7.11 Å². The van der Waals surface area contributed by atoms with Crippen molar-refractivity contribution in [2.24, 2.45) is 0 Å². The second-order valence-corrected chi connectivity index (χ2v) is 5.43. The Bertz CT molecular complexity index is 528. The van der Waals surface area contributed by atoms with Crippen LogP contribution in [0.1, 0.15) is 6.42 Å². The molecule has 3 nitrogen and oxygen atoms in total. The van der Waals surface area contributed by atoms with Gasteiger partial charge in [0.1, 0.15) is 11.5 Å². The van der Waals surface area contributed by atoms with Gasteiger partial charge in [-0.15, -0.1) is 11.8 Å². The highest BCUT2D eigenvalue weighted by Gasteiger charge is 1.99. The first-order valence-corrected chi connectivity index (χ1v) is 7.52. The average Bonchev–Trinajstić information content (AvgIpc) is 2.49. The summed E-state index contributed by atoms with van der Waals surface area (Å²) in [4.78, 5) is 1.24. The first-order chi connectivity index (χ1) is 9.79. The summed E-state index contributed by atoms with van der Waals surface area (Å²) in [5.41, 5.74) is 6.50. The van der Waals surface area contributed by atoms with Gasteiger partial charge in [-0.05, 0) is 42.8 Å². The Morgan fingerprint density at radius 3 is 2.50 bits per heavy atom. The molecule has 0 spiro atoms. The van der Waals surface area contributed by atoms with Gasteiger partial charge in [0.25, 0.3) is 0 Å². The topological polar surface area (TPSA) is 44.5 Å². The summed E-state index contributed by atoms with van der Waals surface area (Å²) in [5, 5.41) is 0. The number of ether oxygens (including phenoxy) is 2. The summed E-state index contributed by atoms with van der Waals surface area (Å²) in [7, 11) is 1.68. The third kappa shape index (κ3) is 4.38. The molecule has 0 amide bonds. The molecule has 0 aromatic heterocycles. The minimum absolute atomic E-state index is 0.678. The van der Waals surface area contributed by atoms with Crippen molar-refractivity contribution in [3.05, 3.63) is 48.5 Å². The minimum Gasteiger partial charge on any atom is -0.497 e. The zero-order valence-corrected chi connectivity index (χ0v) is 12.4. The number of hydrogen-bond acceptors (Lipinski definition) is 4. The summed E-state index contributed by atoms with van der Waals surface area (Å²) in [6.07, 6.45) is 0.977. The van der Waals surface area contributed by atoms with E-state index in [1.165, 1.54) is 4.90 Å². The third-order valence-corrected chi connectivity index (χ3v) is 3.89. The highest BCUT2D eigenvalue weighted by Crippen LogP contribution is 2.23. The van der Waals surface area contributed by atoms with Crippen molar-refractivity contribution in [3.8, 4) is 11.5 Å². The molecule has 4 heteroatoms. The largest absolute Gasteiger partial charge is 0.497 e. The van der Waals surface area contributed by atoms with Crippen LogP contribution in [0.3, 0.4) is 0 Å². The Hall–Kier alpha value is -1.81. The van der Waals surface area contributed by atoms with E-state index in [4.69, 9.17) is 15.2 Å². The monoisotopic (exact) mass is 289 g/mol. The SMILES string of the molecule is COc1ccc(SCCCOc2ccccc2N)cc1. The molecule has 0 aliphatic carbocycles. The molecule has 0 aliphatic rings. The Labute approximate surface area is 124 Å². The molecule has 2 rings (SSSR count). The van der Waals surface area contributed by atoms with E-state index in [2.05, 4.69) is 12.1 Å². The molecule has 0 heterocycles. The lowest BCUT2D eigenvalue weighted by Gasteiger charge is -2.08. The number of para-hydroxylation sites is 2. The lowest BCUT2D eigenvalue weighted by molar-refractivity contribution is 0.320. The Morgan fingerprint density at radius 2 is 1.80 bits per heavy atom. The molecular formula is C16H19NO2S. The van der Waals surface area contributed by atoms with Crippen molar-refractivity contribution in [1.82, 2.24) is 0 Å². The molecule has 0 saturated carbocycles. The van der Waals surface area contributed by atoms with Gasteiger partial charge >= 0.3 is 0 Å². The normalized spacial score (nSPS) is 10.2. The van der Waals surface area contributed by atoms with Crippen LogP contribution in [-0.2, 0) is 0 Å². The maximum Gasteiger partial charge on any atom is 0.142 e. The fourth-order valence-electron chi connectivity index (χ4n) is 1.72. The van der Waals surface area contributed by atoms with Crippen LogP contribution in [0, 0.1) is 0 Å². The molecule has 0 aliphatic heterocycles. The molecule has 2 aromatic rings. The first-order valence-electron chi connectivity index (χ1n) is 6.54. The lowest BCUT2D eigenvalue weighted by Crippen LogP contribution is -2.01. The molecular weight excluding hydrogens is 270 g/mol. The molecule has 2 N–H and O–H groups in total. The van der Waals surface area contributed by atoms with E-state index in [0.717, 1.165) is 23.7 Å². The van der Waals surface area contributed by atoms with E-state index in [0.29, 0.717) is 12.3 Å². The van der Waals surface area contributed by atoms with Gasteiger partial charge in [-0.3, -0.25) is 0 Å². The van der Waals surface area contributed by atoms with Crippen LogP contribution >= 0.6 is 11.8 Å². The summed E-state index contributed by atoms with van der Waals surface area (Å²) >= 11 is 1.81. The maximum atomic E-state index is 5.81. The number of benzene rings is 2. The van der Waals surface area contributed by atoms with Gasteiger partial charge in [-0.2, -0.15) is 0 Å². The van der Waals surface area contributed by atoms with Gasteiger partial charge in [-0.25, -0.2) is 0 Å². The number of anilines is 1. The predicted octanol–water partition coefficient (Wildman–Crippen LogP) is 3.84. The number of hydrogen-bond donors (Lipinski definition) is 1. The fraction of sp³-hybridized carbons (Fsp3) is 0.250. The highest BCUT2D eigenvalue weighted by atomic mass is 32.2. The zero-order chi connectivity index (χ0) is 14.2. The summed E-state index contributed by atoms with van der Waals surface area (Å²) in [6, 6.07) is 15.7. The highest BCUT2D eigenvalue weighted by molar-refractivity contribution is 7.99. The van der Waals surface area contributed by atoms with Crippen LogP contribution < -0.4 is 15.2 Å². The van der Waals surface area contributed by atoms with E-state index >= 15 is 0 Å². The minimum atomic E-state index is 0.678. The Morgan fingerprint density at radius 1 is 1.05 bits per heavy atom. The van der Waals surface area contributed by atoms with Crippen LogP contribution in [0.5, 0.6) is 11.5 Å². The van der Waals surface area contributed by atoms with Gasteiger partial charge < -0.3 is 15.2 Å². The lowest BCUT2D eigenvalue weighted by atomic mass is 10.3. The van der Waals surface area contributed by atoms with Crippen LogP contribution in [-0.4, -0.2) is 19.5 Å². The molecule has 0 saturated heterocycles. The van der Waals surface area contributed by atoms with Crippen LogP contribution in [0.25, 0.3) is 0 Å². The summed E-state index contributed by atoms with van der Waals surface area (Å²) < 4.78 is 10.8. The maximum absolute atomic E-state index is 5.81. The van der Waals surface area contributed by atoms with Gasteiger partial charge in [0.2, 0.25) is 0 Å². The van der Waals surface area contributed by atoms with E-state index < -0.39 is 0 Å². The average molecular weight is 289 g/mol. The zero-order valence-electron chi connectivity index (χ0n) is 11.5. The van der Waals surface area contributed by atoms with Crippen molar-refractivity contribution in [2.75, 3.05) is 25.2 Å². The number of rotatable bonds is 7. The molecule has 0 fully saturated rings. The van der Waals surface area contributed by atoms with Crippen LogP contribution in [0.2, 0.25) is 0 Å². The quantitative estimate of drug-likeness (QED) is 0.478. The summed E-state index contributed by atoms with van der Waals surface area (Å²) in [5.74, 6) is 2.66. The van der Waals surface area contributed by atoms with Crippen molar-refractivity contribution in [2.45, 2.75) is 11.3 Å². The molecule has 106 valence electrons. The van der Waals surface area contributed by atoms with Gasteiger partial charge in [0.15, 0.2) is 0 Å². The number of methoxy groups -OCH3 is 1. The van der Waals surface area contributed by atoms with Crippen LogP contribution in [0.15, 0.2) is 53.4 Å². The Kier molecular flexibility index (Phi) is 5.62. The number of thioether (sulfide) groups is 1. The van der Waals surface area contributed by atoms with Crippen molar-refractivity contribution >= 4 is 17.4 Å². The number of nitrogens with two attached hydrogens (primary N) is 1. The second kappa shape index (κ2) is 7.70. The second-order valence-electron chi connectivity index (χ2n) is 4.26. The first kappa shape index (κ1) is 14.6. The molecule has 20 heavy (non-hydrogen) atoms. The molecule has 0 unspecified atom stereocenters. The van der Waals surface area contributed by atoms with Gasteiger partial charge in [0, 0.05) is 10.6 Å². The molecule has 0 atom stereocenters. The van der Waals surface area contributed by atoms with Gasteiger partial charge in [0.05, 0.1) is 19.4 Å². The Balaban J connectivity index is 1.67. The molecule has 2 aromatic carbocycles. The third-order valence-electron chi connectivity index (χ3n) is 2.79.